The van der Waals surface area contributed by atoms with Crippen molar-refractivity contribution in [3.63, 3.8) is 0 Å². The standard InChI is InChI=1S/C19H18ClN/c1-13-17(7-4-8-18(13)20)19(21)12-14-9-10-15-5-2-3-6-16(15)11-14/h2-11,19H,12,21H2,1H3. The summed E-state index contributed by atoms with van der Waals surface area (Å²) in [7, 11) is 0. The van der Waals surface area contributed by atoms with Crippen LogP contribution < -0.4 is 5.73 Å². The Kier molecular flexibility index (Phi) is 3.96. The smallest absolute Gasteiger partial charge is 0.0438 e. The molecule has 0 aliphatic heterocycles. The van der Waals surface area contributed by atoms with Crippen LogP contribution >= 0.6 is 11.6 Å². The maximum absolute atomic E-state index is 6.38. The maximum Gasteiger partial charge on any atom is 0.0438 e. The monoisotopic (exact) mass is 295 g/mol. The molecule has 0 fully saturated rings. The fraction of sp³-hybridized carbons (Fsp3) is 0.158. The van der Waals surface area contributed by atoms with Crippen LogP contribution in [0.15, 0.2) is 60.7 Å². The van der Waals surface area contributed by atoms with Crippen molar-refractivity contribution in [2.45, 2.75) is 19.4 Å². The minimum Gasteiger partial charge on any atom is -0.324 e. The van der Waals surface area contributed by atoms with Crippen LogP contribution in [-0.4, -0.2) is 0 Å². The molecule has 3 aromatic rings. The van der Waals surface area contributed by atoms with Gasteiger partial charge in [0.2, 0.25) is 0 Å². The average molecular weight is 296 g/mol. The molecule has 0 aromatic heterocycles. The third-order valence-corrected chi connectivity index (χ3v) is 4.39. The van der Waals surface area contributed by atoms with E-state index in [1.54, 1.807) is 0 Å². The van der Waals surface area contributed by atoms with Crippen molar-refractivity contribution in [1.82, 2.24) is 0 Å². The van der Waals surface area contributed by atoms with Gasteiger partial charge in [0.25, 0.3) is 0 Å². The van der Waals surface area contributed by atoms with Gasteiger partial charge >= 0.3 is 0 Å². The molecule has 0 spiro atoms. The van der Waals surface area contributed by atoms with E-state index in [2.05, 4.69) is 48.5 Å². The van der Waals surface area contributed by atoms with Gasteiger partial charge in [-0.3, -0.25) is 0 Å². The molecule has 106 valence electrons. The highest BCUT2D eigenvalue weighted by atomic mass is 35.5. The predicted molar refractivity (Wildman–Crippen MR) is 90.8 cm³/mol. The second-order valence-electron chi connectivity index (χ2n) is 5.45. The van der Waals surface area contributed by atoms with Crippen molar-refractivity contribution in [2.75, 3.05) is 0 Å². The van der Waals surface area contributed by atoms with Crippen molar-refractivity contribution in [3.05, 3.63) is 82.4 Å². The van der Waals surface area contributed by atoms with Gasteiger partial charge < -0.3 is 5.73 Å². The van der Waals surface area contributed by atoms with E-state index in [9.17, 15) is 0 Å². The van der Waals surface area contributed by atoms with E-state index in [-0.39, 0.29) is 6.04 Å². The highest BCUT2D eigenvalue weighted by Crippen LogP contribution is 2.26. The van der Waals surface area contributed by atoms with Gasteiger partial charge in [-0.2, -0.15) is 0 Å². The normalized spacial score (nSPS) is 12.5. The van der Waals surface area contributed by atoms with Crippen molar-refractivity contribution >= 4 is 22.4 Å². The first-order valence-electron chi connectivity index (χ1n) is 7.13. The zero-order valence-corrected chi connectivity index (χ0v) is 12.8. The molecule has 0 bridgehead atoms. The third-order valence-electron chi connectivity index (χ3n) is 3.98. The average Bonchev–Trinajstić information content (AvgIpc) is 2.50. The van der Waals surface area contributed by atoms with Gasteiger partial charge in [-0.25, -0.2) is 0 Å². The number of nitrogens with two attached hydrogens (primary N) is 1. The Labute approximate surface area is 130 Å². The van der Waals surface area contributed by atoms with Crippen molar-refractivity contribution in [1.29, 1.82) is 0 Å². The molecular weight excluding hydrogens is 278 g/mol. The highest BCUT2D eigenvalue weighted by Gasteiger charge is 2.11. The fourth-order valence-electron chi connectivity index (χ4n) is 2.76. The number of benzene rings is 3. The van der Waals surface area contributed by atoms with Crippen LogP contribution in [0.2, 0.25) is 5.02 Å². The molecule has 3 aromatic carbocycles. The van der Waals surface area contributed by atoms with E-state index in [1.807, 2.05) is 19.1 Å². The SMILES string of the molecule is Cc1c(Cl)cccc1C(N)Cc1ccc2ccccc2c1. The second kappa shape index (κ2) is 5.88. The first-order valence-corrected chi connectivity index (χ1v) is 7.51. The summed E-state index contributed by atoms with van der Waals surface area (Å²) >= 11 is 6.18. The fourth-order valence-corrected chi connectivity index (χ4v) is 2.94. The quantitative estimate of drug-likeness (QED) is 0.719. The van der Waals surface area contributed by atoms with Gasteiger partial charge in [-0.1, -0.05) is 66.2 Å². The Morgan fingerprint density at radius 1 is 0.952 bits per heavy atom. The van der Waals surface area contributed by atoms with E-state index >= 15 is 0 Å². The predicted octanol–water partition coefficient (Wildman–Crippen LogP) is 5.04. The molecule has 0 aliphatic carbocycles. The van der Waals surface area contributed by atoms with Crippen LogP contribution in [-0.2, 0) is 6.42 Å². The molecule has 0 saturated heterocycles. The Morgan fingerprint density at radius 2 is 1.71 bits per heavy atom. The number of hydrogen-bond donors (Lipinski definition) is 1. The van der Waals surface area contributed by atoms with E-state index in [0.717, 1.165) is 22.6 Å². The molecule has 0 heterocycles. The van der Waals surface area contributed by atoms with Crippen LogP contribution in [0, 0.1) is 6.92 Å². The van der Waals surface area contributed by atoms with Gasteiger partial charge in [0.1, 0.15) is 0 Å². The molecule has 1 nitrogen and oxygen atoms in total. The van der Waals surface area contributed by atoms with Crippen LogP contribution in [0.1, 0.15) is 22.7 Å². The molecule has 0 radical (unpaired) electrons. The maximum atomic E-state index is 6.38. The second-order valence-corrected chi connectivity index (χ2v) is 5.85. The molecule has 1 atom stereocenters. The number of halogens is 1. The van der Waals surface area contributed by atoms with E-state index in [1.165, 1.54) is 16.3 Å². The summed E-state index contributed by atoms with van der Waals surface area (Å²) in [6, 6.07) is 20.8. The lowest BCUT2D eigenvalue weighted by molar-refractivity contribution is 0.717. The van der Waals surface area contributed by atoms with Gasteiger partial charge in [-0.15, -0.1) is 0 Å². The molecule has 0 aliphatic rings. The molecule has 0 amide bonds. The summed E-state index contributed by atoms with van der Waals surface area (Å²) < 4.78 is 0. The van der Waals surface area contributed by atoms with Crippen LogP contribution in [0.3, 0.4) is 0 Å². The number of fused-ring (bicyclic) bond motifs is 1. The number of hydrogen-bond acceptors (Lipinski definition) is 1. The first-order chi connectivity index (χ1) is 10.1. The van der Waals surface area contributed by atoms with E-state index in [0.29, 0.717) is 0 Å². The van der Waals surface area contributed by atoms with Crippen molar-refractivity contribution in [2.24, 2.45) is 5.73 Å². The first kappa shape index (κ1) is 14.1. The Bertz CT molecular complexity index is 779. The lowest BCUT2D eigenvalue weighted by Gasteiger charge is -2.16. The minimum atomic E-state index is -0.0372. The topological polar surface area (TPSA) is 26.0 Å². The summed E-state index contributed by atoms with van der Waals surface area (Å²) in [5.41, 5.74) is 9.83. The number of rotatable bonds is 3. The van der Waals surface area contributed by atoms with E-state index < -0.39 is 0 Å². The molecule has 3 rings (SSSR count). The lowest BCUT2D eigenvalue weighted by atomic mass is 9.95. The molecule has 1 unspecified atom stereocenters. The largest absolute Gasteiger partial charge is 0.324 e. The zero-order valence-electron chi connectivity index (χ0n) is 12.0. The minimum absolute atomic E-state index is 0.0372. The van der Waals surface area contributed by atoms with Gasteiger partial charge in [-0.05, 0) is 46.9 Å². The molecule has 2 heteroatoms. The Hall–Kier alpha value is -1.83. The third kappa shape index (κ3) is 2.94. The van der Waals surface area contributed by atoms with Crippen LogP contribution in [0.5, 0.6) is 0 Å². The summed E-state index contributed by atoms with van der Waals surface area (Å²) in [5.74, 6) is 0. The van der Waals surface area contributed by atoms with E-state index in [4.69, 9.17) is 17.3 Å². The van der Waals surface area contributed by atoms with Crippen LogP contribution in [0.4, 0.5) is 0 Å². The van der Waals surface area contributed by atoms with Gasteiger partial charge in [0.05, 0.1) is 0 Å². The summed E-state index contributed by atoms with van der Waals surface area (Å²) in [6.45, 7) is 2.03. The summed E-state index contributed by atoms with van der Waals surface area (Å²) in [4.78, 5) is 0. The Balaban J connectivity index is 1.89. The molecular formula is C19H18ClN. The van der Waals surface area contributed by atoms with Crippen LogP contribution in [0.25, 0.3) is 10.8 Å². The summed E-state index contributed by atoms with van der Waals surface area (Å²) in [5, 5.41) is 3.29. The highest BCUT2D eigenvalue weighted by molar-refractivity contribution is 6.31. The molecule has 2 N–H and O–H groups in total. The van der Waals surface area contributed by atoms with Crippen molar-refractivity contribution < 1.29 is 0 Å². The molecule has 0 saturated carbocycles. The van der Waals surface area contributed by atoms with Gasteiger partial charge in [0.15, 0.2) is 0 Å². The zero-order chi connectivity index (χ0) is 14.8. The van der Waals surface area contributed by atoms with Crippen molar-refractivity contribution in [3.8, 4) is 0 Å². The summed E-state index contributed by atoms with van der Waals surface area (Å²) in [6.07, 6.45) is 0.812. The van der Waals surface area contributed by atoms with Gasteiger partial charge in [0, 0.05) is 11.1 Å². The molecule has 21 heavy (non-hydrogen) atoms. The Morgan fingerprint density at radius 3 is 2.52 bits per heavy atom. The lowest BCUT2D eigenvalue weighted by Crippen LogP contribution is -2.14.